The molecular formula is C21H26N2O3S. The van der Waals surface area contributed by atoms with Crippen LogP contribution in [0.25, 0.3) is 0 Å². The van der Waals surface area contributed by atoms with Crippen LogP contribution in [0.15, 0.2) is 48.1 Å². The molecule has 1 saturated heterocycles. The monoisotopic (exact) mass is 386 g/mol. The number of ether oxygens (including phenoxy) is 2. The van der Waals surface area contributed by atoms with Gasteiger partial charge in [-0.25, -0.2) is 0 Å². The summed E-state index contributed by atoms with van der Waals surface area (Å²) < 4.78 is 11.4. The van der Waals surface area contributed by atoms with Crippen LogP contribution in [0.5, 0.6) is 5.75 Å². The van der Waals surface area contributed by atoms with Gasteiger partial charge in [0.15, 0.2) is 11.5 Å². The first-order valence-corrected chi connectivity index (χ1v) is 10.1. The van der Waals surface area contributed by atoms with Crippen molar-refractivity contribution in [2.24, 2.45) is 0 Å². The zero-order valence-corrected chi connectivity index (χ0v) is 16.8. The maximum Gasteiger partial charge on any atom is 0.297 e. The Morgan fingerprint density at radius 3 is 2.56 bits per heavy atom. The number of benzene rings is 1. The quantitative estimate of drug-likeness (QED) is 0.367. The smallest absolute Gasteiger partial charge is 0.297 e. The Kier molecular flexibility index (Phi) is 6.50. The number of hydrogen-bond acceptors (Lipinski definition) is 5. The zero-order chi connectivity index (χ0) is 19.2. The fourth-order valence-electron chi connectivity index (χ4n) is 3.23. The summed E-state index contributed by atoms with van der Waals surface area (Å²) in [5, 5.41) is 0.239. The number of amides is 1. The zero-order valence-electron chi connectivity index (χ0n) is 15.9. The minimum Gasteiger partial charge on any atom is -0.439 e. The molecule has 0 aromatic heterocycles. The standard InChI is InChI=1S/C21H26N2O3S/c1-3-5-6-7-10-15-23-20(24)18(26-21(23)27)13-14-19-22(4-2)16-11-8-9-12-17(16)25-19/h8-9,11-14H,3-7,10,15H2,1-2H3/b18-13-,19-14+. The van der Waals surface area contributed by atoms with Crippen molar-refractivity contribution >= 4 is 29.0 Å². The van der Waals surface area contributed by atoms with Crippen LogP contribution in [-0.4, -0.2) is 29.1 Å². The van der Waals surface area contributed by atoms with Crippen molar-refractivity contribution < 1.29 is 14.3 Å². The lowest BCUT2D eigenvalue weighted by Gasteiger charge is -2.14. The summed E-state index contributed by atoms with van der Waals surface area (Å²) in [6.45, 7) is 5.62. The highest BCUT2D eigenvalue weighted by molar-refractivity contribution is 7.80. The van der Waals surface area contributed by atoms with Gasteiger partial charge in [-0.15, -0.1) is 0 Å². The first kappa shape index (κ1) is 19.4. The number of thiocarbonyl (C=S) groups is 1. The maximum absolute atomic E-state index is 12.6. The Morgan fingerprint density at radius 2 is 1.78 bits per heavy atom. The van der Waals surface area contributed by atoms with E-state index in [2.05, 4.69) is 18.7 Å². The topological polar surface area (TPSA) is 42.0 Å². The normalized spacial score (nSPS) is 19.0. The maximum atomic E-state index is 12.6. The summed E-state index contributed by atoms with van der Waals surface area (Å²) in [5.74, 6) is 1.56. The summed E-state index contributed by atoms with van der Waals surface area (Å²) in [4.78, 5) is 16.2. The molecule has 0 saturated carbocycles. The Labute approximate surface area is 166 Å². The third-order valence-electron chi connectivity index (χ3n) is 4.69. The van der Waals surface area contributed by atoms with Gasteiger partial charge in [0.25, 0.3) is 11.1 Å². The summed E-state index contributed by atoms with van der Waals surface area (Å²) in [6.07, 6.45) is 9.06. The SMILES string of the molecule is CCCCCCCN1C(=O)/C(=C/C=C2/Oc3ccccc3N2CC)OC1=S. The van der Waals surface area contributed by atoms with E-state index in [1.165, 1.54) is 19.3 Å². The highest BCUT2D eigenvalue weighted by Gasteiger charge is 2.33. The predicted octanol–water partition coefficient (Wildman–Crippen LogP) is 4.74. The van der Waals surface area contributed by atoms with E-state index in [1.807, 2.05) is 24.3 Å². The molecule has 0 radical (unpaired) electrons. The van der Waals surface area contributed by atoms with Gasteiger partial charge in [0.05, 0.1) is 5.69 Å². The van der Waals surface area contributed by atoms with Crippen molar-refractivity contribution in [1.29, 1.82) is 0 Å². The van der Waals surface area contributed by atoms with Crippen molar-refractivity contribution in [3.63, 3.8) is 0 Å². The van der Waals surface area contributed by atoms with E-state index in [9.17, 15) is 4.79 Å². The van der Waals surface area contributed by atoms with Crippen LogP contribution in [0.1, 0.15) is 46.0 Å². The van der Waals surface area contributed by atoms with E-state index >= 15 is 0 Å². The second-order valence-corrected chi connectivity index (χ2v) is 6.94. The van der Waals surface area contributed by atoms with Crippen LogP contribution in [-0.2, 0) is 9.53 Å². The van der Waals surface area contributed by atoms with Gasteiger partial charge in [-0.05, 0) is 43.8 Å². The van der Waals surface area contributed by atoms with Crippen molar-refractivity contribution in [1.82, 2.24) is 4.90 Å². The number of para-hydroxylation sites is 2. The summed E-state index contributed by atoms with van der Waals surface area (Å²) in [5.41, 5.74) is 1.02. The predicted molar refractivity (Wildman–Crippen MR) is 110 cm³/mol. The Hall–Kier alpha value is -2.34. The number of carbonyl (C=O) groups is 1. The Morgan fingerprint density at radius 1 is 1.00 bits per heavy atom. The Bertz CT molecular complexity index is 772. The number of allylic oxidation sites excluding steroid dienone is 2. The number of unbranched alkanes of at least 4 members (excludes halogenated alkanes) is 4. The highest BCUT2D eigenvalue weighted by atomic mass is 32.1. The molecule has 1 amide bonds. The van der Waals surface area contributed by atoms with E-state index in [0.29, 0.717) is 12.4 Å². The molecule has 6 heteroatoms. The van der Waals surface area contributed by atoms with Crippen molar-refractivity contribution in [3.05, 3.63) is 48.1 Å². The van der Waals surface area contributed by atoms with Crippen molar-refractivity contribution in [3.8, 4) is 5.75 Å². The van der Waals surface area contributed by atoms with Gasteiger partial charge in [-0.3, -0.25) is 9.69 Å². The molecule has 0 bridgehead atoms. The van der Waals surface area contributed by atoms with Crippen LogP contribution in [0.4, 0.5) is 5.69 Å². The average Bonchev–Trinajstić information content (AvgIpc) is 3.17. The lowest BCUT2D eigenvalue weighted by molar-refractivity contribution is -0.123. The van der Waals surface area contributed by atoms with Gasteiger partial charge in [-0.2, -0.15) is 0 Å². The first-order chi connectivity index (χ1) is 13.2. The number of nitrogens with zero attached hydrogens (tertiary/aromatic N) is 2. The molecule has 27 heavy (non-hydrogen) atoms. The van der Waals surface area contributed by atoms with Gasteiger partial charge in [-0.1, -0.05) is 44.7 Å². The number of fused-ring (bicyclic) bond motifs is 1. The molecule has 3 rings (SSSR count). The molecule has 0 aliphatic carbocycles. The van der Waals surface area contributed by atoms with Crippen LogP contribution in [0.2, 0.25) is 0 Å². The van der Waals surface area contributed by atoms with Crippen LogP contribution < -0.4 is 9.64 Å². The van der Waals surface area contributed by atoms with E-state index in [1.54, 1.807) is 17.1 Å². The fourth-order valence-corrected chi connectivity index (χ4v) is 3.49. The van der Waals surface area contributed by atoms with Crippen molar-refractivity contribution in [2.75, 3.05) is 18.0 Å². The van der Waals surface area contributed by atoms with E-state index < -0.39 is 0 Å². The highest BCUT2D eigenvalue weighted by Crippen LogP contribution is 2.38. The molecule has 0 N–H and O–H groups in total. The largest absolute Gasteiger partial charge is 0.439 e. The molecule has 0 atom stereocenters. The fraction of sp³-hybridized carbons (Fsp3) is 0.429. The molecule has 2 aliphatic heterocycles. The number of rotatable bonds is 8. The molecule has 2 heterocycles. The minimum absolute atomic E-state index is 0.175. The molecule has 0 spiro atoms. The van der Waals surface area contributed by atoms with E-state index in [0.717, 1.165) is 30.8 Å². The second-order valence-electron chi connectivity index (χ2n) is 6.59. The molecule has 0 unspecified atom stereocenters. The van der Waals surface area contributed by atoms with Gasteiger partial charge < -0.3 is 14.4 Å². The summed E-state index contributed by atoms with van der Waals surface area (Å²) >= 11 is 5.23. The first-order valence-electron chi connectivity index (χ1n) is 9.65. The Balaban J connectivity index is 1.65. The third kappa shape index (κ3) is 4.33. The number of carbonyl (C=O) groups excluding carboxylic acids is 1. The number of anilines is 1. The van der Waals surface area contributed by atoms with Gasteiger partial charge in [0, 0.05) is 19.2 Å². The molecule has 5 nitrogen and oxygen atoms in total. The lowest BCUT2D eigenvalue weighted by atomic mass is 10.1. The minimum atomic E-state index is -0.175. The average molecular weight is 387 g/mol. The molecule has 144 valence electrons. The lowest BCUT2D eigenvalue weighted by Crippen LogP contribution is -2.29. The van der Waals surface area contributed by atoms with Gasteiger partial charge in [0.2, 0.25) is 5.88 Å². The van der Waals surface area contributed by atoms with Gasteiger partial charge >= 0.3 is 0 Å². The van der Waals surface area contributed by atoms with Crippen LogP contribution >= 0.6 is 12.2 Å². The van der Waals surface area contributed by atoms with Crippen LogP contribution in [0, 0.1) is 0 Å². The van der Waals surface area contributed by atoms with E-state index in [4.69, 9.17) is 21.7 Å². The molecule has 2 aliphatic rings. The summed E-state index contributed by atoms with van der Waals surface area (Å²) in [7, 11) is 0. The van der Waals surface area contributed by atoms with Crippen LogP contribution in [0.3, 0.4) is 0 Å². The molecule has 1 aromatic rings. The molecular weight excluding hydrogens is 360 g/mol. The molecule has 1 fully saturated rings. The molecule has 1 aromatic carbocycles. The van der Waals surface area contributed by atoms with E-state index in [-0.39, 0.29) is 16.8 Å². The third-order valence-corrected chi connectivity index (χ3v) is 4.99. The van der Waals surface area contributed by atoms with Gasteiger partial charge in [0.1, 0.15) is 0 Å². The summed E-state index contributed by atoms with van der Waals surface area (Å²) in [6, 6.07) is 7.86. The number of hydrogen-bond donors (Lipinski definition) is 0. The van der Waals surface area contributed by atoms with Crippen molar-refractivity contribution in [2.45, 2.75) is 46.0 Å². The second kappa shape index (κ2) is 9.04.